The Labute approximate surface area is 192 Å². The molecule has 0 saturated carbocycles. The molecule has 0 spiro atoms. The van der Waals surface area contributed by atoms with Crippen LogP contribution in [0.25, 0.3) is 11.3 Å². The van der Waals surface area contributed by atoms with Crippen molar-refractivity contribution in [1.82, 2.24) is 14.5 Å². The molecule has 176 valence electrons. The normalized spacial score (nSPS) is 11.4. The van der Waals surface area contributed by atoms with Crippen molar-refractivity contribution in [3.63, 3.8) is 0 Å². The summed E-state index contributed by atoms with van der Waals surface area (Å²) >= 11 is 0. The fourth-order valence-corrected chi connectivity index (χ4v) is 4.46. The number of aryl methyl sites for hydroxylation is 1. The van der Waals surface area contributed by atoms with E-state index in [4.69, 9.17) is 9.47 Å². The van der Waals surface area contributed by atoms with E-state index in [1.54, 1.807) is 32.3 Å². The van der Waals surface area contributed by atoms with Gasteiger partial charge in [-0.05, 0) is 37.1 Å². The van der Waals surface area contributed by atoms with Crippen LogP contribution in [0.1, 0.15) is 32.4 Å². The Balaban J connectivity index is 2.08. The molecule has 2 heterocycles. The number of aromatic nitrogens is 3. The summed E-state index contributed by atoms with van der Waals surface area (Å²) in [6, 6.07) is 8.52. The van der Waals surface area contributed by atoms with Gasteiger partial charge in [-0.25, -0.2) is 12.8 Å². The van der Waals surface area contributed by atoms with E-state index in [-0.39, 0.29) is 40.3 Å². The van der Waals surface area contributed by atoms with Gasteiger partial charge in [-0.15, -0.1) is 0 Å². The van der Waals surface area contributed by atoms with Crippen molar-refractivity contribution in [3.8, 4) is 28.8 Å². The zero-order valence-corrected chi connectivity index (χ0v) is 19.6. The first-order valence-electron chi connectivity index (χ1n) is 10.6. The van der Waals surface area contributed by atoms with Crippen molar-refractivity contribution in [2.45, 2.75) is 32.4 Å². The summed E-state index contributed by atoms with van der Waals surface area (Å²) in [5, 5.41) is 0. The lowest BCUT2D eigenvalue weighted by Gasteiger charge is -2.13. The molecule has 0 aliphatic carbocycles. The first kappa shape index (κ1) is 24.4. The number of ether oxygens (including phenoxy) is 2. The molecule has 2 aromatic heterocycles. The van der Waals surface area contributed by atoms with E-state index in [2.05, 4.69) is 9.97 Å². The summed E-state index contributed by atoms with van der Waals surface area (Å²) in [5.74, 6) is -0.987. The van der Waals surface area contributed by atoms with E-state index < -0.39 is 15.7 Å². The third-order valence-electron chi connectivity index (χ3n) is 4.61. The Morgan fingerprint density at radius 2 is 1.88 bits per heavy atom. The van der Waals surface area contributed by atoms with Gasteiger partial charge in [-0.2, -0.15) is 9.97 Å². The summed E-state index contributed by atoms with van der Waals surface area (Å²) in [4.78, 5) is 20.3. The second kappa shape index (κ2) is 10.6. The lowest BCUT2D eigenvalue weighted by Crippen LogP contribution is -2.14. The molecule has 0 unspecified atom stereocenters. The number of rotatable bonds is 10. The van der Waals surface area contributed by atoms with Crippen molar-refractivity contribution in [1.29, 1.82) is 0 Å². The smallest absolute Gasteiger partial charge is 0.323 e. The van der Waals surface area contributed by atoms with E-state index in [1.165, 1.54) is 28.8 Å². The van der Waals surface area contributed by atoms with E-state index in [9.17, 15) is 17.6 Å². The SMILES string of the molecule is CCCOc1cccc(F)c1Oc1nc(CS(=O)(=O)CCC)cc(-c2ccc(=O)n(C)c2)n1. The van der Waals surface area contributed by atoms with Crippen LogP contribution in [0, 0.1) is 5.82 Å². The Morgan fingerprint density at radius 1 is 1.09 bits per heavy atom. The predicted octanol–water partition coefficient (Wildman–Crippen LogP) is 3.89. The van der Waals surface area contributed by atoms with E-state index >= 15 is 0 Å². The van der Waals surface area contributed by atoms with Crippen molar-refractivity contribution in [2.75, 3.05) is 12.4 Å². The first-order valence-corrected chi connectivity index (χ1v) is 12.4. The maximum Gasteiger partial charge on any atom is 0.323 e. The summed E-state index contributed by atoms with van der Waals surface area (Å²) in [6.45, 7) is 4.06. The molecule has 3 aromatic rings. The van der Waals surface area contributed by atoms with Gasteiger partial charge < -0.3 is 14.0 Å². The number of para-hydroxylation sites is 1. The number of hydrogen-bond acceptors (Lipinski definition) is 7. The largest absolute Gasteiger partial charge is 0.490 e. The molecule has 33 heavy (non-hydrogen) atoms. The molecule has 10 heteroatoms. The van der Waals surface area contributed by atoms with Crippen LogP contribution < -0.4 is 15.0 Å². The minimum atomic E-state index is -3.42. The summed E-state index contributed by atoms with van der Waals surface area (Å²) in [7, 11) is -1.83. The highest BCUT2D eigenvalue weighted by atomic mass is 32.2. The molecular weight excluding hydrogens is 449 g/mol. The fourth-order valence-electron chi connectivity index (χ4n) is 3.10. The van der Waals surface area contributed by atoms with E-state index in [0.717, 1.165) is 0 Å². The van der Waals surface area contributed by atoms with Crippen molar-refractivity contribution in [2.24, 2.45) is 7.05 Å². The van der Waals surface area contributed by atoms with Gasteiger partial charge >= 0.3 is 6.01 Å². The van der Waals surface area contributed by atoms with Crippen LogP contribution in [-0.2, 0) is 22.6 Å². The van der Waals surface area contributed by atoms with Crippen LogP contribution in [0.2, 0.25) is 0 Å². The highest BCUT2D eigenvalue weighted by Gasteiger charge is 2.19. The van der Waals surface area contributed by atoms with E-state index in [0.29, 0.717) is 30.7 Å². The second-order valence-corrected chi connectivity index (χ2v) is 9.69. The molecule has 0 aliphatic heterocycles. The second-order valence-electron chi connectivity index (χ2n) is 7.50. The maximum atomic E-state index is 14.6. The van der Waals surface area contributed by atoms with Crippen LogP contribution in [0.5, 0.6) is 17.5 Å². The van der Waals surface area contributed by atoms with Gasteiger partial charge in [-0.1, -0.05) is 19.9 Å². The molecule has 0 N–H and O–H groups in total. The zero-order chi connectivity index (χ0) is 24.0. The summed E-state index contributed by atoms with van der Waals surface area (Å²) in [6.07, 6.45) is 2.75. The average molecular weight is 476 g/mol. The molecule has 0 atom stereocenters. The number of nitrogens with zero attached hydrogens (tertiary/aromatic N) is 3. The summed E-state index contributed by atoms with van der Waals surface area (Å²) < 4.78 is 52.0. The minimum Gasteiger partial charge on any atom is -0.490 e. The number of sulfone groups is 1. The Kier molecular flexibility index (Phi) is 7.80. The van der Waals surface area contributed by atoms with Crippen LogP contribution in [0.3, 0.4) is 0 Å². The third-order valence-corrected chi connectivity index (χ3v) is 6.37. The van der Waals surface area contributed by atoms with Gasteiger partial charge in [0.2, 0.25) is 11.3 Å². The Bertz CT molecular complexity index is 1290. The van der Waals surface area contributed by atoms with Gasteiger partial charge in [-0.3, -0.25) is 4.79 Å². The third kappa shape index (κ3) is 6.38. The van der Waals surface area contributed by atoms with Gasteiger partial charge in [0.15, 0.2) is 21.4 Å². The molecular formula is C23H26FN3O5S. The Morgan fingerprint density at radius 3 is 2.58 bits per heavy atom. The van der Waals surface area contributed by atoms with Gasteiger partial charge in [0.05, 0.1) is 29.5 Å². The molecule has 0 bridgehead atoms. The lowest BCUT2D eigenvalue weighted by atomic mass is 10.2. The minimum absolute atomic E-state index is 0.00465. The fraction of sp³-hybridized carbons (Fsp3) is 0.348. The van der Waals surface area contributed by atoms with Crippen LogP contribution in [0.15, 0.2) is 47.4 Å². The highest BCUT2D eigenvalue weighted by molar-refractivity contribution is 7.90. The summed E-state index contributed by atoms with van der Waals surface area (Å²) in [5.41, 5.74) is 0.878. The molecule has 3 rings (SSSR count). The van der Waals surface area contributed by atoms with Gasteiger partial charge in [0.1, 0.15) is 0 Å². The van der Waals surface area contributed by atoms with Crippen molar-refractivity contribution in [3.05, 3.63) is 64.5 Å². The lowest BCUT2D eigenvalue weighted by molar-refractivity contribution is 0.293. The number of hydrogen-bond donors (Lipinski definition) is 0. The van der Waals surface area contributed by atoms with Crippen LogP contribution >= 0.6 is 0 Å². The van der Waals surface area contributed by atoms with Crippen molar-refractivity contribution < 1.29 is 22.3 Å². The first-order chi connectivity index (χ1) is 15.7. The number of halogens is 1. The topological polar surface area (TPSA) is 100 Å². The van der Waals surface area contributed by atoms with Crippen LogP contribution in [0.4, 0.5) is 4.39 Å². The van der Waals surface area contributed by atoms with E-state index in [1.807, 2.05) is 6.92 Å². The molecule has 0 amide bonds. The number of pyridine rings is 1. The van der Waals surface area contributed by atoms with Gasteiger partial charge in [0.25, 0.3) is 0 Å². The molecule has 0 saturated heterocycles. The van der Waals surface area contributed by atoms with Crippen LogP contribution in [-0.4, -0.2) is 35.3 Å². The Hall–Kier alpha value is -3.27. The molecule has 0 radical (unpaired) electrons. The van der Waals surface area contributed by atoms with Gasteiger partial charge in [0, 0.05) is 24.9 Å². The molecule has 0 fully saturated rings. The number of benzene rings is 1. The predicted molar refractivity (Wildman–Crippen MR) is 123 cm³/mol. The average Bonchev–Trinajstić information content (AvgIpc) is 2.75. The standard InChI is InChI=1S/C23H26FN3O5S/c1-4-11-31-20-8-6-7-18(24)22(20)32-23-25-17(15-33(29,30)12-5-2)13-19(26-23)16-9-10-21(28)27(3)14-16/h6-10,13-14H,4-5,11-12,15H2,1-3H3. The van der Waals surface area contributed by atoms with Crippen molar-refractivity contribution >= 4 is 9.84 Å². The molecule has 8 nitrogen and oxygen atoms in total. The quantitative estimate of drug-likeness (QED) is 0.439. The maximum absolute atomic E-state index is 14.6. The highest BCUT2D eigenvalue weighted by Crippen LogP contribution is 2.34. The zero-order valence-electron chi connectivity index (χ0n) is 18.7. The molecule has 1 aromatic carbocycles. The molecule has 0 aliphatic rings. The monoisotopic (exact) mass is 475 g/mol.